The minimum absolute atomic E-state index is 0.0207. The zero-order chi connectivity index (χ0) is 12.4. The number of phenolic OH excluding ortho intramolecular Hbond substituents is 1. The van der Waals surface area contributed by atoms with Gasteiger partial charge in [0.05, 0.1) is 6.10 Å². The highest BCUT2D eigenvalue weighted by Crippen LogP contribution is 2.36. The summed E-state index contributed by atoms with van der Waals surface area (Å²) in [6.45, 7) is 2.08. The molecule has 1 unspecified atom stereocenters. The van der Waals surface area contributed by atoms with Crippen LogP contribution >= 0.6 is 0 Å². The normalized spacial score (nSPS) is 18.6. The summed E-state index contributed by atoms with van der Waals surface area (Å²) < 4.78 is 32.2. The van der Waals surface area contributed by atoms with Gasteiger partial charge in [0.1, 0.15) is 0 Å². The number of halogens is 2. The molecule has 1 aromatic rings. The number of fused-ring (bicyclic) bond motifs is 1. The van der Waals surface area contributed by atoms with Gasteiger partial charge in [0, 0.05) is 5.56 Å². The lowest BCUT2D eigenvalue weighted by Gasteiger charge is -2.26. The van der Waals surface area contributed by atoms with Crippen molar-refractivity contribution in [1.82, 2.24) is 0 Å². The van der Waals surface area contributed by atoms with Crippen LogP contribution in [0.4, 0.5) is 8.78 Å². The standard InChI is InChI=1S/C13H16F2O2/c1-2-3-4-9-6-5-8-7-10(16)11(14)12(15)13(8)17-9/h7,9,16H,2-6H2,1H3. The van der Waals surface area contributed by atoms with Crippen LogP contribution in [0.25, 0.3) is 0 Å². The Hall–Kier alpha value is -1.32. The van der Waals surface area contributed by atoms with Gasteiger partial charge in [-0.15, -0.1) is 0 Å². The number of hydrogen-bond donors (Lipinski definition) is 1. The minimum Gasteiger partial charge on any atom is -0.505 e. The van der Waals surface area contributed by atoms with E-state index in [0.29, 0.717) is 12.0 Å². The molecule has 2 rings (SSSR count). The molecule has 0 bridgehead atoms. The fraction of sp³-hybridized carbons (Fsp3) is 0.538. The molecule has 1 aromatic carbocycles. The fourth-order valence-electron chi connectivity index (χ4n) is 2.14. The summed E-state index contributed by atoms with van der Waals surface area (Å²) in [6.07, 6.45) is 4.30. The van der Waals surface area contributed by atoms with E-state index in [1.165, 1.54) is 6.07 Å². The van der Waals surface area contributed by atoms with Crippen LogP contribution in [0.1, 0.15) is 38.2 Å². The molecule has 0 saturated heterocycles. The molecule has 4 heteroatoms. The molecule has 1 atom stereocenters. The Morgan fingerprint density at radius 1 is 1.41 bits per heavy atom. The quantitative estimate of drug-likeness (QED) is 0.878. The lowest BCUT2D eigenvalue weighted by molar-refractivity contribution is 0.150. The van der Waals surface area contributed by atoms with Crippen molar-refractivity contribution in [3.63, 3.8) is 0 Å². The van der Waals surface area contributed by atoms with Gasteiger partial charge in [-0.25, -0.2) is 0 Å². The van der Waals surface area contributed by atoms with E-state index < -0.39 is 17.4 Å². The molecule has 1 N–H and O–H groups in total. The molecule has 0 saturated carbocycles. The first kappa shape index (κ1) is 12.1. The van der Waals surface area contributed by atoms with E-state index in [9.17, 15) is 13.9 Å². The Kier molecular flexibility index (Phi) is 3.50. The van der Waals surface area contributed by atoms with Crippen LogP contribution < -0.4 is 4.74 Å². The van der Waals surface area contributed by atoms with Gasteiger partial charge >= 0.3 is 0 Å². The Morgan fingerprint density at radius 2 is 2.18 bits per heavy atom. The average molecular weight is 242 g/mol. The molecule has 0 spiro atoms. The third-order valence-electron chi connectivity index (χ3n) is 3.12. The van der Waals surface area contributed by atoms with Gasteiger partial charge in [0.2, 0.25) is 11.6 Å². The second-order valence-corrected chi connectivity index (χ2v) is 4.43. The maximum Gasteiger partial charge on any atom is 0.204 e. The molecule has 0 aliphatic carbocycles. The molecule has 1 aliphatic rings. The summed E-state index contributed by atoms with van der Waals surface area (Å²) >= 11 is 0. The minimum atomic E-state index is -1.22. The van der Waals surface area contributed by atoms with E-state index in [1.807, 2.05) is 0 Å². The highest BCUT2D eigenvalue weighted by Gasteiger charge is 2.26. The average Bonchev–Trinajstić information content (AvgIpc) is 2.34. The molecule has 1 aliphatic heterocycles. The Balaban J connectivity index is 2.22. The molecule has 0 aromatic heterocycles. The Morgan fingerprint density at radius 3 is 2.88 bits per heavy atom. The van der Waals surface area contributed by atoms with Crippen LogP contribution in [0.15, 0.2) is 6.07 Å². The second-order valence-electron chi connectivity index (χ2n) is 4.43. The van der Waals surface area contributed by atoms with E-state index in [-0.39, 0.29) is 11.9 Å². The smallest absolute Gasteiger partial charge is 0.204 e. The Labute approximate surface area is 99.2 Å². The summed E-state index contributed by atoms with van der Waals surface area (Å²) in [6, 6.07) is 1.25. The number of rotatable bonds is 3. The van der Waals surface area contributed by atoms with Gasteiger partial charge in [-0.1, -0.05) is 19.8 Å². The van der Waals surface area contributed by atoms with E-state index in [1.54, 1.807) is 0 Å². The maximum absolute atomic E-state index is 13.6. The van der Waals surface area contributed by atoms with Gasteiger partial charge in [0.25, 0.3) is 0 Å². The zero-order valence-corrected chi connectivity index (χ0v) is 9.80. The summed E-state index contributed by atoms with van der Waals surface area (Å²) in [7, 11) is 0. The van der Waals surface area contributed by atoms with Crippen LogP contribution in [0.5, 0.6) is 11.5 Å². The first-order valence-corrected chi connectivity index (χ1v) is 6.00. The monoisotopic (exact) mass is 242 g/mol. The number of aromatic hydroxyl groups is 1. The van der Waals surface area contributed by atoms with Gasteiger partial charge in [0.15, 0.2) is 11.5 Å². The van der Waals surface area contributed by atoms with Crippen molar-refractivity contribution in [2.75, 3.05) is 0 Å². The first-order chi connectivity index (χ1) is 8.13. The SMILES string of the molecule is CCCCC1CCc2cc(O)c(F)c(F)c2O1. The highest BCUT2D eigenvalue weighted by molar-refractivity contribution is 5.43. The van der Waals surface area contributed by atoms with Crippen molar-refractivity contribution < 1.29 is 18.6 Å². The summed E-state index contributed by atoms with van der Waals surface area (Å²) in [4.78, 5) is 0. The zero-order valence-electron chi connectivity index (χ0n) is 9.80. The van der Waals surface area contributed by atoms with Crippen LogP contribution in [0.3, 0.4) is 0 Å². The summed E-state index contributed by atoms with van der Waals surface area (Å²) in [5, 5.41) is 9.19. The molecular weight excluding hydrogens is 226 g/mol. The molecule has 2 nitrogen and oxygen atoms in total. The van der Waals surface area contributed by atoms with Crippen LogP contribution in [-0.4, -0.2) is 11.2 Å². The van der Waals surface area contributed by atoms with Gasteiger partial charge in [-0.2, -0.15) is 8.78 Å². The van der Waals surface area contributed by atoms with Crippen molar-refractivity contribution in [1.29, 1.82) is 0 Å². The number of hydrogen-bond acceptors (Lipinski definition) is 2. The molecule has 17 heavy (non-hydrogen) atoms. The van der Waals surface area contributed by atoms with Crippen LogP contribution in [0.2, 0.25) is 0 Å². The topological polar surface area (TPSA) is 29.5 Å². The molecule has 0 fully saturated rings. The third kappa shape index (κ3) is 2.35. The Bertz CT molecular complexity index is 418. The third-order valence-corrected chi connectivity index (χ3v) is 3.12. The van der Waals surface area contributed by atoms with Crippen LogP contribution in [-0.2, 0) is 6.42 Å². The summed E-state index contributed by atoms with van der Waals surface area (Å²) in [5.74, 6) is -2.95. The van der Waals surface area contributed by atoms with Gasteiger partial charge < -0.3 is 9.84 Å². The number of unbranched alkanes of at least 4 members (excludes halogenated alkanes) is 1. The lowest BCUT2D eigenvalue weighted by atomic mass is 9.98. The second kappa shape index (κ2) is 4.90. The van der Waals surface area contributed by atoms with Crippen molar-refractivity contribution in [3.05, 3.63) is 23.3 Å². The molecule has 0 amide bonds. The van der Waals surface area contributed by atoms with E-state index in [0.717, 1.165) is 25.7 Å². The van der Waals surface area contributed by atoms with Crippen LogP contribution in [0, 0.1) is 11.6 Å². The molecular formula is C13H16F2O2. The van der Waals surface area contributed by atoms with Crippen molar-refractivity contribution in [2.45, 2.75) is 45.1 Å². The van der Waals surface area contributed by atoms with Crippen molar-refractivity contribution in [3.8, 4) is 11.5 Å². The van der Waals surface area contributed by atoms with Crippen molar-refractivity contribution >= 4 is 0 Å². The van der Waals surface area contributed by atoms with Gasteiger partial charge in [-0.3, -0.25) is 0 Å². The fourth-order valence-corrected chi connectivity index (χ4v) is 2.14. The molecule has 94 valence electrons. The highest BCUT2D eigenvalue weighted by atomic mass is 19.2. The van der Waals surface area contributed by atoms with Gasteiger partial charge in [-0.05, 0) is 25.3 Å². The summed E-state index contributed by atoms with van der Waals surface area (Å²) in [5.41, 5.74) is 0.550. The van der Waals surface area contributed by atoms with E-state index in [4.69, 9.17) is 4.74 Å². The number of benzene rings is 1. The predicted octanol–water partition coefficient (Wildman–Crippen LogP) is 3.55. The predicted molar refractivity (Wildman–Crippen MR) is 60.3 cm³/mol. The first-order valence-electron chi connectivity index (χ1n) is 6.00. The lowest BCUT2D eigenvalue weighted by Crippen LogP contribution is -2.23. The molecule has 0 radical (unpaired) electrons. The molecule has 1 heterocycles. The van der Waals surface area contributed by atoms with E-state index in [2.05, 4.69) is 6.92 Å². The number of phenols is 1. The number of ether oxygens (including phenoxy) is 1. The largest absolute Gasteiger partial charge is 0.505 e. The number of aryl methyl sites for hydroxylation is 1. The van der Waals surface area contributed by atoms with Crippen molar-refractivity contribution in [2.24, 2.45) is 0 Å². The maximum atomic E-state index is 13.6. The van der Waals surface area contributed by atoms with E-state index >= 15 is 0 Å².